The smallest absolute Gasteiger partial charge is 0.306 e. The highest BCUT2D eigenvalue weighted by atomic mass is 16.6. The van der Waals surface area contributed by atoms with Crippen molar-refractivity contribution in [2.24, 2.45) is 0 Å². The number of esters is 3. The first-order valence-electron chi connectivity index (χ1n) is 27.8. The topological polar surface area (TPSA) is 78.9 Å². The maximum absolute atomic E-state index is 12.8. The average Bonchev–Trinajstić information content (AvgIpc) is 3.30. The van der Waals surface area contributed by atoms with Crippen molar-refractivity contribution in [3.63, 3.8) is 0 Å². The summed E-state index contributed by atoms with van der Waals surface area (Å²) in [6.45, 7) is 6.57. The fraction of sp³-hybridized carbons (Fsp3) is 0.780. The van der Waals surface area contributed by atoms with Gasteiger partial charge in [-0.15, -0.1) is 0 Å². The molecule has 0 aromatic carbocycles. The maximum atomic E-state index is 12.8. The van der Waals surface area contributed by atoms with Crippen LogP contribution in [0, 0.1) is 0 Å². The number of hydrogen-bond donors (Lipinski definition) is 0. The highest BCUT2D eigenvalue weighted by molar-refractivity contribution is 5.71. The summed E-state index contributed by atoms with van der Waals surface area (Å²) in [5.41, 5.74) is 0. The molecule has 65 heavy (non-hydrogen) atoms. The zero-order valence-corrected chi connectivity index (χ0v) is 43.0. The van der Waals surface area contributed by atoms with Crippen LogP contribution in [-0.2, 0) is 28.6 Å². The van der Waals surface area contributed by atoms with Crippen molar-refractivity contribution in [2.45, 2.75) is 284 Å². The molecule has 1 atom stereocenters. The van der Waals surface area contributed by atoms with Gasteiger partial charge in [0.1, 0.15) is 13.2 Å². The van der Waals surface area contributed by atoms with Crippen molar-refractivity contribution >= 4 is 17.9 Å². The highest BCUT2D eigenvalue weighted by Crippen LogP contribution is 2.15. The predicted octanol–water partition coefficient (Wildman–Crippen LogP) is 18.4. The Morgan fingerprint density at radius 2 is 0.569 bits per heavy atom. The van der Waals surface area contributed by atoms with Gasteiger partial charge in [0.25, 0.3) is 0 Å². The minimum Gasteiger partial charge on any atom is -0.462 e. The van der Waals surface area contributed by atoms with Gasteiger partial charge in [0, 0.05) is 19.3 Å². The molecule has 0 aromatic heterocycles. The van der Waals surface area contributed by atoms with Crippen LogP contribution in [0.1, 0.15) is 278 Å². The van der Waals surface area contributed by atoms with Crippen LogP contribution in [0.2, 0.25) is 0 Å². The number of carbonyl (C=O) groups is 3. The van der Waals surface area contributed by atoms with E-state index in [9.17, 15) is 14.4 Å². The molecular weight excluding hydrogens is 805 g/mol. The Bertz CT molecular complexity index is 1180. The lowest BCUT2D eigenvalue weighted by molar-refractivity contribution is -0.167. The molecular formula is C59H104O6. The molecule has 0 N–H and O–H groups in total. The molecule has 0 amide bonds. The first-order valence-corrected chi connectivity index (χ1v) is 27.8. The minimum atomic E-state index is -0.801. The molecule has 0 bridgehead atoms. The van der Waals surface area contributed by atoms with Crippen molar-refractivity contribution in [3.8, 4) is 0 Å². The molecule has 0 radical (unpaired) electrons. The quantitative estimate of drug-likeness (QED) is 0.0262. The van der Waals surface area contributed by atoms with Gasteiger partial charge < -0.3 is 14.2 Å². The summed E-state index contributed by atoms with van der Waals surface area (Å²) in [5, 5.41) is 0. The predicted molar refractivity (Wildman–Crippen MR) is 279 cm³/mol. The second-order valence-corrected chi connectivity index (χ2v) is 18.5. The van der Waals surface area contributed by atoms with Crippen LogP contribution < -0.4 is 0 Å². The maximum Gasteiger partial charge on any atom is 0.306 e. The summed E-state index contributed by atoms with van der Waals surface area (Å²) >= 11 is 0. The van der Waals surface area contributed by atoms with Crippen LogP contribution in [0.5, 0.6) is 0 Å². The molecule has 0 aliphatic carbocycles. The zero-order valence-electron chi connectivity index (χ0n) is 43.0. The van der Waals surface area contributed by atoms with Crippen LogP contribution in [0.3, 0.4) is 0 Å². The largest absolute Gasteiger partial charge is 0.462 e. The van der Waals surface area contributed by atoms with E-state index in [1.807, 2.05) is 0 Å². The van der Waals surface area contributed by atoms with E-state index >= 15 is 0 Å². The summed E-state index contributed by atoms with van der Waals surface area (Å²) in [7, 11) is 0. The van der Waals surface area contributed by atoms with Gasteiger partial charge in [0.05, 0.1) is 0 Å². The van der Waals surface area contributed by atoms with Crippen LogP contribution in [0.4, 0.5) is 0 Å². The first kappa shape index (κ1) is 62.1. The van der Waals surface area contributed by atoms with Gasteiger partial charge in [0.2, 0.25) is 0 Å². The summed E-state index contributed by atoms with van der Waals surface area (Å²) in [4.78, 5) is 38.0. The normalized spacial score (nSPS) is 12.5. The van der Waals surface area contributed by atoms with E-state index in [1.54, 1.807) is 0 Å². The third-order valence-electron chi connectivity index (χ3n) is 12.0. The fourth-order valence-electron chi connectivity index (χ4n) is 7.78. The van der Waals surface area contributed by atoms with Crippen LogP contribution >= 0.6 is 0 Å². The molecule has 0 heterocycles. The Kier molecular flexibility index (Phi) is 51.3. The van der Waals surface area contributed by atoms with Crippen LogP contribution in [0.25, 0.3) is 0 Å². The van der Waals surface area contributed by atoms with E-state index in [1.165, 1.54) is 167 Å². The molecule has 0 saturated carbocycles. The number of ether oxygens (including phenoxy) is 3. The lowest BCUT2D eigenvalue weighted by Gasteiger charge is -2.18. The molecule has 0 unspecified atom stereocenters. The third-order valence-corrected chi connectivity index (χ3v) is 12.0. The monoisotopic (exact) mass is 909 g/mol. The molecule has 376 valence electrons. The Balaban J connectivity index is 4.40. The van der Waals surface area contributed by atoms with E-state index < -0.39 is 6.10 Å². The number of allylic oxidation sites excluding steroid dienone is 10. The summed E-state index contributed by atoms with van der Waals surface area (Å²) < 4.78 is 16.8. The second kappa shape index (κ2) is 53.7. The van der Waals surface area contributed by atoms with Gasteiger partial charge in [-0.1, -0.05) is 236 Å². The van der Waals surface area contributed by atoms with Crippen molar-refractivity contribution in [3.05, 3.63) is 60.8 Å². The summed E-state index contributed by atoms with van der Waals surface area (Å²) in [5.74, 6) is -0.945. The van der Waals surface area contributed by atoms with Gasteiger partial charge in [-0.25, -0.2) is 0 Å². The SMILES string of the molecule is CCCCC/C=C\C/C=C\C/C=C\C/C=C\CCCC(=O)O[C@H](COC(=O)CCCCCCCCCCC/C=C\CCCCCCCC)COC(=O)CCCCCCCCCCCCC. The van der Waals surface area contributed by atoms with Crippen molar-refractivity contribution < 1.29 is 28.6 Å². The zero-order chi connectivity index (χ0) is 47.2. The number of rotatable bonds is 50. The molecule has 0 aromatic rings. The van der Waals surface area contributed by atoms with E-state index in [0.29, 0.717) is 19.3 Å². The second-order valence-electron chi connectivity index (χ2n) is 18.5. The lowest BCUT2D eigenvalue weighted by Crippen LogP contribution is -2.30. The van der Waals surface area contributed by atoms with Gasteiger partial charge in [-0.3, -0.25) is 14.4 Å². The molecule has 0 fully saturated rings. The third kappa shape index (κ3) is 51.9. The van der Waals surface area contributed by atoms with Gasteiger partial charge in [-0.2, -0.15) is 0 Å². The molecule has 0 saturated heterocycles. The first-order chi connectivity index (χ1) is 32.0. The minimum absolute atomic E-state index is 0.0942. The van der Waals surface area contributed by atoms with Crippen LogP contribution in [0.15, 0.2) is 60.8 Å². The van der Waals surface area contributed by atoms with Gasteiger partial charge >= 0.3 is 17.9 Å². The van der Waals surface area contributed by atoms with Crippen molar-refractivity contribution in [1.29, 1.82) is 0 Å². The molecule has 0 aliphatic rings. The van der Waals surface area contributed by atoms with E-state index in [2.05, 4.69) is 81.5 Å². The lowest BCUT2D eigenvalue weighted by atomic mass is 10.1. The van der Waals surface area contributed by atoms with E-state index in [-0.39, 0.29) is 37.5 Å². The Labute approximate surface area is 402 Å². The number of unbranched alkanes of at least 4 members (excludes halogenated alkanes) is 29. The van der Waals surface area contributed by atoms with Crippen molar-refractivity contribution in [2.75, 3.05) is 13.2 Å². The van der Waals surface area contributed by atoms with Crippen molar-refractivity contribution in [1.82, 2.24) is 0 Å². The Morgan fingerprint density at radius 1 is 0.308 bits per heavy atom. The Morgan fingerprint density at radius 3 is 0.954 bits per heavy atom. The fourth-order valence-corrected chi connectivity index (χ4v) is 7.78. The van der Waals surface area contributed by atoms with Crippen LogP contribution in [-0.4, -0.2) is 37.2 Å². The van der Waals surface area contributed by atoms with Gasteiger partial charge in [-0.05, 0) is 83.5 Å². The molecule has 6 heteroatoms. The number of hydrogen-bond acceptors (Lipinski definition) is 6. The average molecular weight is 909 g/mol. The molecule has 0 spiro atoms. The highest BCUT2D eigenvalue weighted by Gasteiger charge is 2.19. The van der Waals surface area contributed by atoms with Gasteiger partial charge in [0.15, 0.2) is 6.10 Å². The molecule has 0 rings (SSSR count). The summed E-state index contributed by atoms with van der Waals surface area (Å²) in [6, 6.07) is 0. The van der Waals surface area contributed by atoms with E-state index in [0.717, 1.165) is 64.2 Å². The standard InChI is InChI=1S/C59H104O6/c1-4-7-10-13-16-19-22-24-26-28-29-31-32-34-37-40-43-46-49-52-58(61)64-55-56(54-63-57(60)51-48-45-42-39-36-21-18-15-12-9-6-3)65-59(62)53-50-47-44-41-38-35-33-30-27-25-23-20-17-14-11-8-5-2/h17,20,24-27,33,35,41,44,56H,4-16,18-19,21-23,28-32,34,36-40,42-43,45-55H2,1-3H3/b20-17-,26-24-,27-25-,35-33-,44-41-/t56-/m0/s1. The molecule has 0 aliphatic heterocycles. The van der Waals surface area contributed by atoms with E-state index in [4.69, 9.17) is 14.2 Å². The summed E-state index contributed by atoms with van der Waals surface area (Å²) in [6.07, 6.45) is 66.4. The number of carbonyl (C=O) groups excluding carboxylic acids is 3. The Hall–Kier alpha value is -2.89. The molecule has 6 nitrogen and oxygen atoms in total.